The number of likely N-dealkylation sites (tertiary alicyclic amines) is 1. The summed E-state index contributed by atoms with van der Waals surface area (Å²) >= 11 is 5.01. The summed E-state index contributed by atoms with van der Waals surface area (Å²) in [4.78, 5) is 3.19. The number of hydrogen-bond donors (Lipinski definition) is 1. The molecule has 2 rings (SSSR count). The van der Waals surface area contributed by atoms with Crippen molar-refractivity contribution >= 4 is 17.2 Å². The van der Waals surface area contributed by atoms with Crippen LogP contribution in [0.3, 0.4) is 0 Å². The van der Waals surface area contributed by atoms with Crippen molar-refractivity contribution in [3.8, 4) is 0 Å². The van der Waals surface area contributed by atoms with Gasteiger partial charge in [-0.1, -0.05) is 25.1 Å². The van der Waals surface area contributed by atoms with Gasteiger partial charge in [-0.25, -0.2) is 0 Å². The van der Waals surface area contributed by atoms with E-state index in [1.165, 1.54) is 45.1 Å². The van der Waals surface area contributed by atoms with E-state index in [0.29, 0.717) is 4.99 Å². The molecule has 2 N–H and O–H groups in total. The molecule has 1 heterocycles. The molecule has 0 aromatic rings. The smallest absolute Gasteiger partial charge is 0.0870 e. The van der Waals surface area contributed by atoms with Gasteiger partial charge in [-0.3, -0.25) is 4.90 Å². The van der Waals surface area contributed by atoms with Gasteiger partial charge in [0.05, 0.1) is 4.99 Å². The molecule has 1 aliphatic heterocycles. The number of thiocarbonyl (C=S) groups is 1. The number of nitrogens with zero attached hydrogens (tertiary/aromatic N) is 1. The summed E-state index contributed by atoms with van der Waals surface area (Å²) in [6, 6.07) is 0.791. The van der Waals surface area contributed by atoms with Crippen LogP contribution in [0, 0.1) is 5.92 Å². The quantitative estimate of drug-likeness (QED) is 0.709. The maximum Gasteiger partial charge on any atom is 0.0870 e. The first kappa shape index (κ1) is 10.4. The van der Waals surface area contributed by atoms with E-state index in [0.717, 1.165) is 18.5 Å². The molecule has 1 aliphatic carbocycles. The summed E-state index contributed by atoms with van der Waals surface area (Å²) < 4.78 is 0. The zero-order valence-corrected chi connectivity index (χ0v) is 9.56. The summed E-state index contributed by atoms with van der Waals surface area (Å²) in [6.45, 7) is 2.05. The number of nitrogens with two attached hydrogens (primary N) is 1. The third-order valence-electron chi connectivity index (χ3n) is 3.72. The van der Waals surface area contributed by atoms with Crippen molar-refractivity contribution in [2.24, 2.45) is 11.7 Å². The van der Waals surface area contributed by atoms with E-state index in [4.69, 9.17) is 18.0 Å². The van der Waals surface area contributed by atoms with Gasteiger partial charge >= 0.3 is 0 Å². The molecule has 0 aromatic heterocycles. The molecular formula is C11H20N2S. The summed E-state index contributed by atoms with van der Waals surface area (Å²) in [5.74, 6) is 0.937. The van der Waals surface area contributed by atoms with Crippen LogP contribution in [0.15, 0.2) is 0 Å². The van der Waals surface area contributed by atoms with Crippen LogP contribution in [0.25, 0.3) is 0 Å². The second-order valence-corrected chi connectivity index (χ2v) is 5.22. The van der Waals surface area contributed by atoms with E-state index < -0.39 is 0 Å². The highest BCUT2D eigenvalue weighted by Crippen LogP contribution is 2.34. The standard InChI is InChI=1S/C11H20N2S/c12-11(14)8-13-7-3-5-9-4-1-2-6-10(9)13/h9-10H,1-8H2,(H2,12,14)/t9-,10-/m0/s1. The number of hydrogen-bond acceptors (Lipinski definition) is 2. The van der Waals surface area contributed by atoms with Crippen LogP contribution in [0.2, 0.25) is 0 Å². The predicted octanol–water partition coefficient (Wildman–Crippen LogP) is 1.93. The minimum Gasteiger partial charge on any atom is -0.392 e. The highest BCUT2D eigenvalue weighted by atomic mass is 32.1. The maximum absolute atomic E-state index is 5.63. The first-order valence-corrected chi connectivity index (χ1v) is 6.20. The average molecular weight is 212 g/mol. The fourth-order valence-corrected chi connectivity index (χ4v) is 3.29. The van der Waals surface area contributed by atoms with Crippen LogP contribution in [0.5, 0.6) is 0 Å². The summed E-state index contributed by atoms with van der Waals surface area (Å²) in [7, 11) is 0. The third kappa shape index (κ3) is 2.26. The van der Waals surface area contributed by atoms with Crippen LogP contribution in [0.1, 0.15) is 38.5 Å². The van der Waals surface area contributed by atoms with E-state index in [1.807, 2.05) is 0 Å². The second kappa shape index (κ2) is 4.58. The fraction of sp³-hybridized carbons (Fsp3) is 0.909. The maximum atomic E-state index is 5.63. The van der Waals surface area contributed by atoms with E-state index in [-0.39, 0.29) is 0 Å². The lowest BCUT2D eigenvalue weighted by Gasteiger charge is -2.44. The zero-order valence-electron chi connectivity index (χ0n) is 8.74. The van der Waals surface area contributed by atoms with Gasteiger partial charge in [-0.2, -0.15) is 0 Å². The molecule has 2 nitrogen and oxygen atoms in total. The van der Waals surface area contributed by atoms with Gasteiger partial charge in [-0.15, -0.1) is 0 Å². The van der Waals surface area contributed by atoms with Crippen LogP contribution >= 0.6 is 12.2 Å². The zero-order chi connectivity index (χ0) is 9.97. The van der Waals surface area contributed by atoms with Gasteiger partial charge in [0.25, 0.3) is 0 Å². The van der Waals surface area contributed by atoms with E-state index in [9.17, 15) is 0 Å². The molecule has 80 valence electrons. The average Bonchev–Trinajstić information content (AvgIpc) is 2.18. The van der Waals surface area contributed by atoms with Gasteiger partial charge in [0.1, 0.15) is 0 Å². The Morgan fingerprint density at radius 3 is 2.71 bits per heavy atom. The Morgan fingerprint density at radius 1 is 1.21 bits per heavy atom. The van der Waals surface area contributed by atoms with E-state index in [2.05, 4.69) is 4.90 Å². The third-order valence-corrected chi connectivity index (χ3v) is 3.85. The minimum atomic E-state index is 0.663. The molecule has 2 fully saturated rings. The molecule has 0 spiro atoms. The van der Waals surface area contributed by atoms with E-state index >= 15 is 0 Å². The fourth-order valence-electron chi connectivity index (χ4n) is 3.12. The topological polar surface area (TPSA) is 29.3 Å². The Labute approximate surface area is 91.8 Å². The molecule has 1 saturated carbocycles. The molecular weight excluding hydrogens is 192 g/mol. The van der Waals surface area contributed by atoms with Gasteiger partial charge in [-0.05, 0) is 38.1 Å². The Balaban J connectivity index is 1.97. The minimum absolute atomic E-state index is 0.663. The largest absolute Gasteiger partial charge is 0.392 e. The van der Waals surface area contributed by atoms with Crippen molar-refractivity contribution in [2.75, 3.05) is 13.1 Å². The summed E-state index contributed by atoms with van der Waals surface area (Å²) in [5.41, 5.74) is 5.63. The molecule has 0 bridgehead atoms. The van der Waals surface area contributed by atoms with Crippen molar-refractivity contribution in [1.82, 2.24) is 4.90 Å². The normalized spacial score (nSPS) is 33.7. The van der Waals surface area contributed by atoms with Crippen molar-refractivity contribution in [1.29, 1.82) is 0 Å². The van der Waals surface area contributed by atoms with Gasteiger partial charge in [0.2, 0.25) is 0 Å². The highest BCUT2D eigenvalue weighted by molar-refractivity contribution is 7.80. The van der Waals surface area contributed by atoms with Crippen LogP contribution < -0.4 is 5.73 Å². The lowest BCUT2D eigenvalue weighted by atomic mass is 9.78. The summed E-state index contributed by atoms with van der Waals surface area (Å²) in [5, 5.41) is 0. The second-order valence-electron chi connectivity index (χ2n) is 4.69. The monoisotopic (exact) mass is 212 g/mol. The van der Waals surface area contributed by atoms with Crippen molar-refractivity contribution in [3.05, 3.63) is 0 Å². The molecule has 0 amide bonds. The van der Waals surface area contributed by atoms with Crippen LogP contribution in [-0.4, -0.2) is 29.0 Å². The predicted molar refractivity (Wildman–Crippen MR) is 63.3 cm³/mol. The number of rotatable bonds is 2. The van der Waals surface area contributed by atoms with Gasteiger partial charge in [0, 0.05) is 12.6 Å². The van der Waals surface area contributed by atoms with Crippen molar-refractivity contribution < 1.29 is 0 Å². The molecule has 0 aromatic carbocycles. The highest BCUT2D eigenvalue weighted by Gasteiger charge is 2.32. The molecule has 3 heteroatoms. The molecule has 2 aliphatic rings. The SMILES string of the molecule is NC(=S)CN1CCC[C@@H]2CCCC[C@@H]21. The Hall–Kier alpha value is -0.150. The van der Waals surface area contributed by atoms with Crippen LogP contribution in [0.4, 0.5) is 0 Å². The van der Waals surface area contributed by atoms with Crippen molar-refractivity contribution in [3.63, 3.8) is 0 Å². The molecule has 2 atom stereocenters. The Kier molecular flexibility index (Phi) is 3.39. The lowest BCUT2D eigenvalue weighted by molar-refractivity contribution is 0.0748. The molecule has 0 unspecified atom stereocenters. The van der Waals surface area contributed by atoms with Crippen molar-refractivity contribution in [2.45, 2.75) is 44.6 Å². The van der Waals surface area contributed by atoms with E-state index in [1.54, 1.807) is 0 Å². The van der Waals surface area contributed by atoms with Gasteiger partial charge in [0.15, 0.2) is 0 Å². The Bertz CT molecular complexity index is 215. The first-order chi connectivity index (χ1) is 6.77. The molecule has 14 heavy (non-hydrogen) atoms. The molecule has 0 radical (unpaired) electrons. The Morgan fingerprint density at radius 2 is 1.93 bits per heavy atom. The number of piperidine rings is 1. The summed E-state index contributed by atoms with van der Waals surface area (Å²) in [6.07, 6.45) is 8.39. The lowest BCUT2D eigenvalue weighted by Crippen LogP contribution is -2.49. The first-order valence-electron chi connectivity index (χ1n) is 5.80. The van der Waals surface area contributed by atoms with Crippen LogP contribution in [-0.2, 0) is 0 Å². The number of fused-ring (bicyclic) bond motifs is 1. The van der Waals surface area contributed by atoms with Gasteiger partial charge < -0.3 is 5.73 Å². The molecule has 1 saturated heterocycles.